The molecule has 0 aromatic heterocycles. The van der Waals surface area contributed by atoms with Crippen molar-refractivity contribution in [1.29, 1.82) is 0 Å². The van der Waals surface area contributed by atoms with Gasteiger partial charge in [-0.25, -0.2) is 0 Å². The molecule has 0 saturated heterocycles. The lowest BCUT2D eigenvalue weighted by Crippen LogP contribution is -1.93. The molecule has 0 heterocycles. The summed E-state index contributed by atoms with van der Waals surface area (Å²) >= 11 is 11.6. The summed E-state index contributed by atoms with van der Waals surface area (Å²) in [4.78, 5) is 0. The summed E-state index contributed by atoms with van der Waals surface area (Å²) in [5.41, 5.74) is 0.826. The monoisotopic (exact) mass is 205 g/mol. The van der Waals surface area contributed by atoms with Gasteiger partial charge in [0, 0.05) is 13.1 Å². The number of halogens is 2. The van der Waals surface area contributed by atoms with Crippen molar-refractivity contribution >= 4 is 28.9 Å². The molecule has 4 heteroatoms. The van der Waals surface area contributed by atoms with Crippen molar-refractivity contribution in [2.75, 3.05) is 19.5 Å². The molecule has 1 N–H and O–H groups in total. The Hall–Kier alpha value is -0.600. The van der Waals surface area contributed by atoms with Crippen molar-refractivity contribution in [3.63, 3.8) is 0 Å². The third-order valence-corrected chi connectivity index (χ3v) is 2.23. The van der Waals surface area contributed by atoms with Gasteiger partial charge in [0.05, 0.1) is 22.8 Å². The maximum atomic E-state index is 5.79. The van der Waals surface area contributed by atoms with E-state index in [0.29, 0.717) is 15.8 Å². The van der Waals surface area contributed by atoms with Crippen molar-refractivity contribution in [2.24, 2.45) is 0 Å². The minimum Gasteiger partial charge on any atom is -0.495 e. The quantitative estimate of drug-likeness (QED) is 0.802. The second kappa shape index (κ2) is 3.87. The van der Waals surface area contributed by atoms with Crippen molar-refractivity contribution in [2.45, 2.75) is 0 Å². The lowest BCUT2D eigenvalue weighted by atomic mass is 10.3. The van der Waals surface area contributed by atoms with E-state index in [4.69, 9.17) is 27.9 Å². The average molecular weight is 206 g/mol. The van der Waals surface area contributed by atoms with Crippen LogP contribution in [0.1, 0.15) is 0 Å². The van der Waals surface area contributed by atoms with E-state index in [-0.39, 0.29) is 0 Å². The molecule has 0 bridgehead atoms. The minimum absolute atomic E-state index is 0.493. The Bertz CT molecular complexity index is 260. The maximum absolute atomic E-state index is 5.79. The highest BCUT2D eigenvalue weighted by Gasteiger charge is 2.05. The molecule has 2 nitrogen and oxygen atoms in total. The van der Waals surface area contributed by atoms with E-state index in [2.05, 4.69) is 5.32 Å². The van der Waals surface area contributed by atoms with E-state index in [1.54, 1.807) is 26.3 Å². The molecule has 0 atom stereocenters. The number of nitrogens with one attached hydrogen (secondary N) is 1. The zero-order valence-corrected chi connectivity index (χ0v) is 8.33. The van der Waals surface area contributed by atoms with Gasteiger partial charge in [0.2, 0.25) is 0 Å². The Morgan fingerprint density at radius 1 is 1.25 bits per heavy atom. The lowest BCUT2D eigenvalue weighted by molar-refractivity contribution is 0.416. The van der Waals surface area contributed by atoms with Crippen molar-refractivity contribution in [1.82, 2.24) is 0 Å². The number of benzene rings is 1. The van der Waals surface area contributed by atoms with E-state index in [9.17, 15) is 0 Å². The van der Waals surface area contributed by atoms with Gasteiger partial charge in [-0.05, 0) is 6.07 Å². The predicted molar refractivity (Wildman–Crippen MR) is 52.6 cm³/mol. The average Bonchev–Trinajstić information content (AvgIpc) is 2.09. The van der Waals surface area contributed by atoms with Crippen LogP contribution in [0.2, 0.25) is 10.0 Å². The fourth-order valence-electron chi connectivity index (χ4n) is 0.893. The summed E-state index contributed by atoms with van der Waals surface area (Å²) in [6.07, 6.45) is 0. The van der Waals surface area contributed by atoms with Gasteiger partial charge in [0.25, 0.3) is 0 Å². The number of ether oxygens (including phenoxy) is 1. The van der Waals surface area contributed by atoms with Crippen molar-refractivity contribution in [3.8, 4) is 5.75 Å². The Morgan fingerprint density at radius 2 is 1.83 bits per heavy atom. The molecule has 0 saturated carbocycles. The normalized spacial score (nSPS) is 9.67. The van der Waals surface area contributed by atoms with Crippen LogP contribution < -0.4 is 10.1 Å². The molecular formula is C8H9Cl2NO. The van der Waals surface area contributed by atoms with Gasteiger partial charge in [0.15, 0.2) is 0 Å². The first-order valence-corrected chi connectivity index (χ1v) is 4.15. The van der Waals surface area contributed by atoms with Crippen LogP contribution in [0.5, 0.6) is 5.75 Å². The van der Waals surface area contributed by atoms with Gasteiger partial charge < -0.3 is 10.1 Å². The van der Waals surface area contributed by atoms with E-state index in [1.165, 1.54) is 0 Å². The first kappa shape index (κ1) is 9.49. The summed E-state index contributed by atoms with van der Waals surface area (Å²) < 4.78 is 5.07. The van der Waals surface area contributed by atoms with E-state index in [1.807, 2.05) is 0 Å². The minimum atomic E-state index is 0.493. The second-order valence-corrected chi connectivity index (χ2v) is 3.03. The molecular weight excluding hydrogens is 197 g/mol. The number of anilines is 1. The molecule has 0 aliphatic carbocycles. The maximum Gasteiger partial charge on any atom is 0.143 e. The van der Waals surface area contributed by atoms with Crippen LogP contribution in [-0.4, -0.2) is 14.2 Å². The van der Waals surface area contributed by atoms with E-state index in [0.717, 1.165) is 5.69 Å². The van der Waals surface area contributed by atoms with Crippen LogP contribution >= 0.6 is 23.2 Å². The van der Waals surface area contributed by atoms with E-state index < -0.39 is 0 Å². The first-order valence-electron chi connectivity index (χ1n) is 3.40. The van der Waals surface area contributed by atoms with Gasteiger partial charge in [-0.15, -0.1) is 0 Å². The molecule has 66 valence electrons. The molecule has 0 spiro atoms. The molecule has 0 fully saturated rings. The first-order chi connectivity index (χ1) is 5.69. The number of hydrogen-bond acceptors (Lipinski definition) is 2. The molecule has 0 aliphatic rings. The zero-order valence-electron chi connectivity index (χ0n) is 6.82. The van der Waals surface area contributed by atoms with Crippen LogP contribution in [0.15, 0.2) is 12.1 Å². The van der Waals surface area contributed by atoms with Crippen LogP contribution in [0.4, 0.5) is 5.69 Å². The van der Waals surface area contributed by atoms with Gasteiger partial charge in [-0.1, -0.05) is 23.2 Å². The Kier molecular flexibility index (Phi) is 3.06. The fourth-order valence-corrected chi connectivity index (χ4v) is 1.21. The highest BCUT2D eigenvalue weighted by atomic mass is 35.5. The number of rotatable bonds is 2. The van der Waals surface area contributed by atoms with E-state index >= 15 is 0 Å². The Balaban J connectivity index is 3.19. The summed E-state index contributed by atoms with van der Waals surface area (Å²) in [6.45, 7) is 0. The van der Waals surface area contributed by atoms with Crippen molar-refractivity contribution < 1.29 is 4.74 Å². The summed E-state index contributed by atoms with van der Waals surface area (Å²) in [5.74, 6) is 0.687. The SMILES string of the molecule is CNc1cc(Cl)c(Cl)cc1OC. The molecule has 1 aromatic carbocycles. The van der Waals surface area contributed by atoms with Crippen LogP contribution in [0.3, 0.4) is 0 Å². The predicted octanol–water partition coefficient (Wildman–Crippen LogP) is 3.04. The molecule has 0 radical (unpaired) electrons. The van der Waals surface area contributed by atoms with Gasteiger partial charge in [-0.2, -0.15) is 0 Å². The topological polar surface area (TPSA) is 21.3 Å². The molecule has 0 amide bonds. The molecule has 1 rings (SSSR count). The van der Waals surface area contributed by atoms with Crippen LogP contribution in [-0.2, 0) is 0 Å². The zero-order chi connectivity index (χ0) is 9.14. The molecule has 0 unspecified atom stereocenters. The Morgan fingerprint density at radius 3 is 2.33 bits per heavy atom. The highest BCUT2D eigenvalue weighted by molar-refractivity contribution is 6.42. The lowest BCUT2D eigenvalue weighted by Gasteiger charge is -2.08. The third-order valence-electron chi connectivity index (χ3n) is 1.51. The standard InChI is InChI=1S/C8H9Cl2NO/c1-11-7-3-5(9)6(10)4-8(7)12-2/h3-4,11H,1-2H3. The summed E-state index contributed by atoms with van der Waals surface area (Å²) in [7, 11) is 3.38. The molecule has 1 aromatic rings. The molecule has 0 aliphatic heterocycles. The smallest absolute Gasteiger partial charge is 0.143 e. The second-order valence-electron chi connectivity index (χ2n) is 2.22. The third kappa shape index (κ3) is 1.76. The van der Waals surface area contributed by atoms with Gasteiger partial charge in [0.1, 0.15) is 5.75 Å². The van der Waals surface area contributed by atoms with Crippen LogP contribution in [0.25, 0.3) is 0 Å². The number of methoxy groups -OCH3 is 1. The summed E-state index contributed by atoms with van der Waals surface area (Å²) in [5, 5.41) is 3.96. The van der Waals surface area contributed by atoms with Gasteiger partial charge in [-0.3, -0.25) is 0 Å². The highest BCUT2D eigenvalue weighted by Crippen LogP contribution is 2.33. The number of hydrogen-bond donors (Lipinski definition) is 1. The fraction of sp³-hybridized carbons (Fsp3) is 0.250. The summed E-state index contributed by atoms with van der Waals surface area (Å²) in [6, 6.07) is 3.40. The largest absolute Gasteiger partial charge is 0.495 e. The van der Waals surface area contributed by atoms with Crippen molar-refractivity contribution in [3.05, 3.63) is 22.2 Å². The molecule has 12 heavy (non-hydrogen) atoms. The van der Waals surface area contributed by atoms with Crippen LogP contribution in [0, 0.1) is 0 Å². The Labute approximate surface area is 81.4 Å². The van der Waals surface area contributed by atoms with Gasteiger partial charge >= 0.3 is 0 Å².